The number of carbonyl (C=O) groups is 1. The second-order valence-electron chi connectivity index (χ2n) is 0.931. The summed E-state index contributed by atoms with van der Waals surface area (Å²) < 4.78 is 0. The van der Waals surface area contributed by atoms with Crippen LogP contribution in [-0.4, -0.2) is 10.8 Å². The van der Waals surface area contributed by atoms with E-state index in [1.807, 2.05) is 0 Å². The smallest absolute Gasteiger partial charge is 0.259 e. The fourth-order valence-electron chi connectivity index (χ4n) is 0.220. The monoisotopic (exact) mass is 134 g/mol. The van der Waals surface area contributed by atoms with E-state index in [2.05, 4.69) is 21.7 Å². The standard InChI is InChI=1S/C2H2N2OS2/c5-2-4-3-1-7(2)6/h1H,(H,4,5). The van der Waals surface area contributed by atoms with E-state index < -0.39 is 9.45 Å². The molecule has 0 radical (unpaired) electrons. The van der Waals surface area contributed by atoms with Gasteiger partial charge in [-0.05, 0) is 11.2 Å². The molecule has 1 aliphatic heterocycles. The summed E-state index contributed by atoms with van der Waals surface area (Å²) in [5.41, 5.74) is 3.64. The van der Waals surface area contributed by atoms with E-state index in [0.29, 0.717) is 0 Å². The second-order valence-corrected chi connectivity index (χ2v) is 3.18. The lowest BCUT2D eigenvalue weighted by atomic mass is 11.4. The molecule has 1 heterocycles. The van der Waals surface area contributed by atoms with Gasteiger partial charge < -0.3 is 0 Å². The van der Waals surface area contributed by atoms with Crippen molar-refractivity contribution in [2.75, 3.05) is 0 Å². The summed E-state index contributed by atoms with van der Waals surface area (Å²) in [6.07, 6.45) is 0. The van der Waals surface area contributed by atoms with Crippen LogP contribution in [0.5, 0.6) is 0 Å². The highest BCUT2D eigenvalue weighted by Gasteiger charge is 2.07. The van der Waals surface area contributed by atoms with Crippen LogP contribution in [0.15, 0.2) is 5.10 Å². The molecule has 38 valence electrons. The van der Waals surface area contributed by atoms with Crippen LogP contribution in [0.1, 0.15) is 0 Å². The predicted molar refractivity (Wildman–Crippen MR) is 31.8 cm³/mol. The Hall–Kier alpha value is -0.290. The van der Waals surface area contributed by atoms with Crippen LogP contribution >= 0.6 is 0 Å². The number of hydrogen-bond acceptors (Lipinski definition) is 3. The van der Waals surface area contributed by atoms with Crippen molar-refractivity contribution in [1.29, 1.82) is 0 Å². The summed E-state index contributed by atoms with van der Waals surface area (Å²) in [4.78, 5) is 10.2. The minimum Gasteiger partial charge on any atom is -0.259 e. The molecule has 0 aromatic rings. The summed E-state index contributed by atoms with van der Waals surface area (Å²) in [6.45, 7) is 0. The first-order valence-electron chi connectivity index (χ1n) is 1.54. The van der Waals surface area contributed by atoms with E-state index in [-0.39, 0.29) is 5.24 Å². The number of carbonyl (C=O) groups excluding carboxylic acids is 1. The molecule has 7 heavy (non-hydrogen) atoms. The average Bonchev–Trinajstić information content (AvgIpc) is 1.91. The van der Waals surface area contributed by atoms with Gasteiger partial charge in [0.15, 0.2) is 0 Å². The van der Waals surface area contributed by atoms with Gasteiger partial charge in [-0.1, -0.05) is 0 Å². The van der Waals surface area contributed by atoms with Crippen molar-refractivity contribution in [1.82, 2.24) is 5.43 Å². The van der Waals surface area contributed by atoms with Crippen molar-refractivity contribution < 1.29 is 4.79 Å². The van der Waals surface area contributed by atoms with Crippen molar-refractivity contribution >= 4 is 31.4 Å². The van der Waals surface area contributed by atoms with Gasteiger partial charge in [0.25, 0.3) is 0 Å². The molecule has 3 nitrogen and oxygen atoms in total. The maximum Gasteiger partial charge on any atom is 0.308 e. The van der Waals surface area contributed by atoms with E-state index >= 15 is 0 Å². The lowest BCUT2D eigenvalue weighted by Crippen LogP contribution is -2.10. The molecule has 1 rings (SSSR count). The molecule has 1 aliphatic rings. The van der Waals surface area contributed by atoms with Gasteiger partial charge in [0.1, 0.15) is 0 Å². The molecule has 0 bridgehead atoms. The van der Waals surface area contributed by atoms with Crippen LogP contribution in [0.4, 0.5) is 4.79 Å². The molecule has 0 spiro atoms. The first-order chi connectivity index (χ1) is 3.30. The Labute approximate surface area is 47.4 Å². The maximum absolute atomic E-state index is 10.2. The number of amides is 1. The van der Waals surface area contributed by atoms with E-state index in [1.54, 1.807) is 0 Å². The van der Waals surface area contributed by atoms with Crippen LogP contribution < -0.4 is 5.43 Å². The van der Waals surface area contributed by atoms with Crippen molar-refractivity contribution in [2.24, 2.45) is 5.10 Å². The first kappa shape index (κ1) is 4.86. The second kappa shape index (κ2) is 1.67. The molecule has 0 fully saturated rings. The molecular formula is C2H2N2OS2. The van der Waals surface area contributed by atoms with Crippen LogP contribution in [0.3, 0.4) is 0 Å². The number of hydrogen-bond donors (Lipinski definition) is 1. The fraction of sp³-hybridized carbons (Fsp3) is 0. The van der Waals surface area contributed by atoms with Crippen molar-refractivity contribution in [3.8, 4) is 0 Å². The van der Waals surface area contributed by atoms with Crippen molar-refractivity contribution in [3.63, 3.8) is 0 Å². The summed E-state index contributed by atoms with van der Waals surface area (Å²) in [5.74, 6) is 0. The molecule has 0 saturated heterocycles. The van der Waals surface area contributed by atoms with E-state index in [4.69, 9.17) is 0 Å². The Kier molecular flexibility index (Phi) is 1.16. The normalized spacial score (nSPS) is 28.0. The SMILES string of the molecule is O=C1NN=CS1=S. The maximum atomic E-state index is 10.2. The quantitative estimate of drug-likeness (QED) is 0.495. The molecule has 0 aromatic carbocycles. The summed E-state index contributed by atoms with van der Waals surface area (Å²) in [7, 11) is -0.676. The highest BCUT2D eigenvalue weighted by molar-refractivity contribution is 8.44. The number of rotatable bonds is 0. The molecule has 1 amide bonds. The first-order valence-corrected chi connectivity index (χ1v) is 3.76. The summed E-state index contributed by atoms with van der Waals surface area (Å²) >= 11 is 4.59. The number of nitrogens with zero attached hydrogens (tertiary/aromatic N) is 1. The van der Waals surface area contributed by atoms with Gasteiger partial charge in [-0.3, -0.25) is 4.79 Å². The Morgan fingerprint density at radius 3 is 2.86 bits per heavy atom. The predicted octanol–water partition coefficient (Wildman–Crippen LogP) is -0.267. The topological polar surface area (TPSA) is 41.5 Å². The van der Waals surface area contributed by atoms with E-state index in [0.717, 1.165) is 0 Å². The lowest BCUT2D eigenvalue weighted by molar-refractivity contribution is 0.261. The highest BCUT2D eigenvalue weighted by atomic mass is 32.8. The zero-order valence-corrected chi connectivity index (χ0v) is 4.88. The van der Waals surface area contributed by atoms with Gasteiger partial charge in [-0.15, -0.1) is 0 Å². The summed E-state index contributed by atoms with van der Waals surface area (Å²) in [6, 6.07) is 0. The third-order valence-corrected chi connectivity index (χ3v) is 1.95. The zero-order chi connectivity index (χ0) is 5.28. The highest BCUT2D eigenvalue weighted by Crippen LogP contribution is 1.86. The Bertz CT molecular complexity index is 152. The molecule has 5 heteroatoms. The largest absolute Gasteiger partial charge is 0.308 e. The Balaban J connectivity index is 2.81. The average molecular weight is 134 g/mol. The van der Waals surface area contributed by atoms with Crippen LogP contribution in [-0.2, 0) is 20.6 Å². The minimum absolute atomic E-state index is 0.171. The molecule has 1 unspecified atom stereocenters. The molecule has 1 N–H and O–H groups in total. The minimum atomic E-state index is -0.676. The molecule has 0 aliphatic carbocycles. The van der Waals surface area contributed by atoms with Crippen LogP contribution in [0, 0.1) is 0 Å². The van der Waals surface area contributed by atoms with Crippen molar-refractivity contribution in [2.45, 2.75) is 0 Å². The number of nitrogens with one attached hydrogen (secondary N) is 1. The third-order valence-electron chi connectivity index (χ3n) is 0.487. The fourth-order valence-corrected chi connectivity index (χ4v) is 0.848. The van der Waals surface area contributed by atoms with Gasteiger partial charge >= 0.3 is 5.24 Å². The van der Waals surface area contributed by atoms with E-state index in [9.17, 15) is 4.79 Å². The molecule has 0 aromatic heterocycles. The van der Waals surface area contributed by atoms with Gasteiger partial charge in [0.05, 0.1) is 5.55 Å². The van der Waals surface area contributed by atoms with Crippen LogP contribution in [0.2, 0.25) is 0 Å². The van der Waals surface area contributed by atoms with Crippen LogP contribution in [0.25, 0.3) is 0 Å². The van der Waals surface area contributed by atoms with Crippen molar-refractivity contribution in [3.05, 3.63) is 0 Å². The van der Waals surface area contributed by atoms with Gasteiger partial charge in [-0.25, -0.2) is 5.43 Å². The Morgan fingerprint density at radius 2 is 2.71 bits per heavy atom. The Morgan fingerprint density at radius 1 is 2.00 bits per heavy atom. The third kappa shape index (κ3) is 0.834. The molecule has 0 saturated carbocycles. The van der Waals surface area contributed by atoms with E-state index in [1.165, 1.54) is 5.55 Å². The van der Waals surface area contributed by atoms with Gasteiger partial charge in [-0.2, -0.15) is 5.10 Å². The molecule has 1 atom stereocenters. The number of hydrazone groups is 1. The lowest BCUT2D eigenvalue weighted by Gasteiger charge is -1.79. The van der Waals surface area contributed by atoms with Gasteiger partial charge in [0, 0.05) is 9.45 Å². The summed E-state index contributed by atoms with van der Waals surface area (Å²) in [5, 5.41) is 3.26. The zero-order valence-electron chi connectivity index (χ0n) is 3.25. The van der Waals surface area contributed by atoms with Gasteiger partial charge in [0.2, 0.25) is 0 Å². The molecular weight excluding hydrogens is 132 g/mol.